The maximum Gasteiger partial charge on any atom is 0.186 e. The highest BCUT2D eigenvalue weighted by Gasteiger charge is 1.98. The number of halogens is 1. The number of thioether (sulfide) groups is 1. The van der Waals surface area contributed by atoms with Gasteiger partial charge in [-0.25, -0.2) is 0 Å². The highest BCUT2D eigenvalue weighted by molar-refractivity contribution is 8.13. The first-order chi connectivity index (χ1) is 7.63. The number of nitriles is 1. The van der Waals surface area contributed by atoms with Gasteiger partial charge < -0.3 is 0 Å². The molecule has 1 rings (SSSR count). The minimum absolute atomic E-state index is 0.0483. The van der Waals surface area contributed by atoms with Gasteiger partial charge in [0, 0.05) is 12.5 Å². The highest BCUT2D eigenvalue weighted by Crippen LogP contribution is 2.16. The molecule has 16 heavy (non-hydrogen) atoms. The van der Waals surface area contributed by atoms with Gasteiger partial charge in [-0.1, -0.05) is 35.2 Å². The quantitative estimate of drug-likeness (QED) is 0.719. The normalized spacial score (nSPS) is 8.81. The number of rotatable bonds is 1. The molecule has 0 unspecified atom stereocenters. The van der Waals surface area contributed by atoms with Gasteiger partial charge in [0.15, 0.2) is 5.12 Å². The molecule has 0 bridgehead atoms. The van der Waals surface area contributed by atoms with Crippen LogP contribution in [0, 0.1) is 23.2 Å². The number of hydrogen-bond donors (Lipinski definition) is 0. The maximum atomic E-state index is 10.6. The van der Waals surface area contributed by atoms with Crippen molar-refractivity contribution in [3.05, 3.63) is 34.3 Å². The van der Waals surface area contributed by atoms with Gasteiger partial charge >= 0.3 is 0 Å². The summed E-state index contributed by atoms with van der Waals surface area (Å²) in [6, 6.07) is 6.98. The van der Waals surface area contributed by atoms with Crippen molar-refractivity contribution >= 4 is 28.5 Å². The minimum atomic E-state index is 0.0483. The Balaban J connectivity index is 2.72. The van der Waals surface area contributed by atoms with Gasteiger partial charge in [0.25, 0.3) is 0 Å². The second kappa shape index (κ2) is 6.23. The Morgan fingerprint density at radius 3 is 2.88 bits per heavy atom. The molecule has 0 aliphatic carbocycles. The topological polar surface area (TPSA) is 40.9 Å². The van der Waals surface area contributed by atoms with Crippen LogP contribution in [0.5, 0.6) is 0 Å². The Labute approximate surface area is 104 Å². The fourth-order valence-corrected chi connectivity index (χ4v) is 1.53. The molecule has 0 heterocycles. The number of carbonyl (C=O) groups is 1. The van der Waals surface area contributed by atoms with E-state index in [4.69, 9.17) is 16.9 Å². The molecule has 0 N–H and O–H groups in total. The molecular formula is C12H8ClNOS. The van der Waals surface area contributed by atoms with Crippen LogP contribution in [0.25, 0.3) is 0 Å². The summed E-state index contributed by atoms with van der Waals surface area (Å²) >= 11 is 7.01. The average Bonchev–Trinajstić information content (AvgIpc) is 2.24. The zero-order chi connectivity index (χ0) is 12.0. The summed E-state index contributed by atoms with van der Waals surface area (Å²) in [7, 11) is 0. The third-order valence-electron chi connectivity index (χ3n) is 1.67. The molecule has 0 spiro atoms. The first kappa shape index (κ1) is 12.6. The van der Waals surface area contributed by atoms with Gasteiger partial charge in [0.1, 0.15) is 6.07 Å². The van der Waals surface area contributed by atoms with Crippen LogP contribution in [0.3, 0.4) is 0 Å². The van der Waals surface area contributed by atoms with Crippen LogP contribution in [0.4, 0.5) is 0 Å². The van der Waals surface area contributed by atoms with Crippen molar-refractivity contribution in [2.24, 2.45) is 0 Å². The molecule has 1 aromatic carbocycles. The molecule has 0 atom stereocenters. The van der Waals surface area contributed by atoms with Gasteiger partial charge in [0.05, 0.1) is 16.3 Å². The van der Waals surface area contributed by atoms with Crippen molar-refractivity contribution in [3.8, 4) is 17.9 Å². The van der Waals surface area contributed by atoms with Crippen LogP contribution < -0.4 is 0 Å². The predicted molar refractivity (Wildman–Crippen MR) is 66.2 cm³/mol. The van der Waals surface area contributed by atoms with Crippen LogP contribution in [0.2, 0.25) is 5.02 Å². The van der Waals surface area contributed by atoms with Gasteiger partial charge in [-0.15, -0.1) is 0 Å². The zero-order valence-corrected chi connectivity index (χ0v) is 10.2. The molecule has 4 heteroatoms. The van der Waals surface area contributed by atoms with E-state index in [1.807, 2.05) is 6.07 Å². The van der Waals surface area contributed by atoms with Gasteiger partial charge in [-0.05, 0) is 18.2 Å². The van der Waals surface area contributed by atoms with E-state index in [2.05, 4.69) is 11.8 Å². The van der Waals surface area contributed by atoms with Crippen molar-refractivity contribution in [1.29, 1.82) is 5.26 Å². The molecule has 0 fully saturated rings. The molecule has 0 aromatic heterocycles. The number of benzene rings is 1. The molecule has 80 valence electrons. The zero-order valence-electron chi connectivity index (χ0n) is 8.58. The molecular weight excluding hydrogens is 242 g/mol. The lowest BCUT2D eigenvalue weighted by Crippen LogP contribution is -1.83. The third kappa shape index (κ3) is 3.98. The Bertz CT molecular complexity index is 508. The predicted octanol–water partition coefficient (Wildman–Crippen LogP) is 2.84. The lowest BCUT2D eigenvalue weighted by Gasteiger charge is -1.94. The smallest absolute Gasteiger partial charge is 0.186 e. The first-order valence-electron chi connectivity index (χ1n) is 4.45. The molecule has 0 saturated carbocycles. The van der Waals surface area contributed by atoms with E-state index in [1.54, 1.807) is 18.2 Å². The van der Waals surface area contributed by atoms with Crippen LogP contribution >= 0.6 is 23.4 Å². The van der Waals surface area contributed by atoms with Crippen LogP contribution in [0.15, 0.2) is 18.2 Å². The van der Waals surface area contributed by atoms with Gasteiger partial charge in [-0.2, -0.15) is 5.26 Å². The summed E-state index contributed by atoms with van der Waals surface area (Å²) in [6.45, 7) is 1.50. The summed E-state index contributed by atoms with van der Waals surface area (Å²) in [5.41, 5.74) is 1.18. The van der Waals surface area contributed by atoms with Gasteiger partial charge in [0.2, 0.25) is 0 Å². The van der Waals surface area contributed by atoms with Crippen molar-refractivity contribution in [2.75, 3.05) is 5.75 Å². The van der Waals surface area contributed by atoms with E-state index >= 15 is 0 Å². The molecule has 0 saturated heterocycles. The van der Waals surface area contributed by atoms with E-state index in [9.17, 15) is 4.79 Å². The number of carbonyl (C=O) groups excluding carboxylic acids is 1. The molecule has 0 aliphatic rings. The molecule has 0 amide bonds. The maximum absolute atomic E-state index is 10.6. The second-order valence-electron chi connectivity index (χ2n) is 2.89. The molecule has 0 aliphatic heterocycles. The molecule has 1 aromatic rings. The Morgan fingerprint density at radius 2 is 2.31 bits per heavy atom. The van der Waals surface area contributed by atoms with Crippen molar-refractivity contribution < 1.29 is 4.79 Å². The summed E-state index contributed by atoms with van der Waals surface area (Å²) < 4.78 is 0. The number of nitrogens with zero attached hydrogens (tertiary/aromatic N) is 1. The van der Waals surface area contributed by atoms with Gasteiger partial charge in [-0.3, -0.25) is 4.79 Å². The van der Waals surface area contributed by atoms with E-state index in [0.717, 1.165) is 17.3 Å². The average molecular weight is 250 g/mol. The van der Waals surface area contributed by atoms with Crippen LogP contribution in [-0.4, -0.2) is 10.9 Å². The van der Waals surface area contributed by atoms with E-state index in [1.165, 1.54) is 6.92 Å². The SMILES string of the molecule is CC(=O)SCC#Cc1ccc(C#N)c(Cl)c1. The van der Waals surface area contributed by atoms with Crippen molar-refractivity contribution in [1.82, 2.24) is 0 Å². The first-order valence-corrected chi connectivity index (χ1v) is 5.81. The molecule has 2 nitrogen and oxygen atoms in total. The van der Waals surface area contributed by atoms with E-state index < -0.39 is 0 Å². The van der Waals surface area contributed by atoms with Crippen LogP contribution in [-0.2, 0) is 4.79 Å². The Morgan fingerprint density at radius 1 is 1.56 bits per heavy atom. The fourth-order valence-electron chi connectivity index (χ4n) is 0.959. The van der Waals surface area contributed by atoms with Crippen molar-refractivity contribution in [3.63, 3.8) is 0 Å². The minimum Gasteiger partial charge on any atom is -0.288 e. The summed E-state index contributed by atoms with van der Waals surface area (Å²) in [4.78, 5) is 10.6. The van der Waals surface area contributed by atoms with Crippen LogP contribution in [0.1, 0.15) is 18.1 Å². The monoisotopic (exact) mass is 249 g/mol. The lowest BCUT2D eigenvalue weighted by molar-refractivity contribution is -0.109. The molecule has 0 radical (unpaired) electrons. The summed E-state index contributed by atoms with van der Waals surface area (Å²) in [5, 5.41) is 9.12. The Kier molecular flexibility index (Phi) is 4.92. The number of hydrogen-bond acceptors (Lipinski definition) is 3. The second-order valence-corrected chi connectivity index (χ2v) is 4.45. The highest BCUT2D eigenvalue weighted by atomic mass is 35.5. The Hall–Kier alpha value is -1.42. The lowest BCUT2D eigenvalue weighted by atomic mass is 10.1. The largest absolute Gasteiger partial charge is 0.288 e. The summed E-state index contributed by atoms with van der Waals surface area (Å²) in [6.07, 6.45) is 0. The summed E-state index contributed by atoms with van der Waals surface area (Å²) in [5.74, 6) is 6.19. The van der Waals surface area contributed by atoms with E-state index in [-0.39, 0.29) is 5.12 Å². The third-order valence-corrected chi connectivity index (χ3v) is 2.68. The standard InChI is InChI=1S/C12H8ClNOS/c1-9(15)16-6-2-3-10-4-5-11(8-14)12(13)7-10/h4-5,7H,6H2,1H3. The van der Waals surface area contributed by atoms with E-state index in [0.29, 0.717) is 16.3 Å². The fraction of sp³-hybridized carbons (Fsp3) is 0.167. The van der Waals surface area contributed by atoms with Crippen molar-refractivity contribution in [2.45, 2.75) is 6.92 Å².